The van der Waals surface area contributed by atoms with Crippen LogP contribution in [-0.4, -0.2) is 66.5 Å². The third-order valence-corrected chi connectivity index (χ3v) is 4.08. The zero-order chi connectivity index (χ0) is 17.3. The first kappa shape index (κ1) is 16.7. The molecule has 3 rings (SSSR count). The number of morpholine rings is 2. The van der Waals surface area contributed by atoms with Crippen LogP contribution in [0.3, 0.4) is 0 Å². The maximum atomic E-state index is 11.4. The summed E-state index contributed by atoms with van der Waals surface area (Å²) in [5.74, 6) is 0.553. The molecule has 10 nitrogen and oxygen atoms in total. The Bertz CT molecular complexity index is 612. The Morgan fingerprint density at radius 2 is 1.79 bits per heavy atom. The largest absolute Gasteiger partial charge is 0.378 e. The lowest BCUT2D eigenvalue weighted by molar-refractivity contribution is -0.383. The minimum absolute atomic E-state index is 0.0283. The van der Waals surface area contributed by atoms with E-state index in [1.54, 1.807) is 0 Å². The standard InChI is InChI=1S/C14H22N6O4/c1-9-7-19(8-10(2)24-9)14-16-12(15)11(20(21)22)13(17-14)18-3-5-23-6-4-18/h9-10H,3-8H2,1-2H3,(H2,15,16,17)/t9-,10-/m1/s1. The van der Waals surface area contributed by atoms with Gasteiger partial charge in [-0.2, -0.15) is 9.97 Å². The van der Waals surface area contributed by atoms with Crippen molar-refractivity contribution in [1.82, 2.24) is 9.97 Å². The number of nitrogens with two attached hydrogens (primary N) is 1. The van der Waals surface area contributed by atoms with Gasteiger partial charge in [0.25, 0.3) is 0 Å². The van der Waals surface area contributed by atoms with E-state index in [9.17, 15) is 10.1 Å². The average Bonchev–Trinajstić information content (AvgIpc) is 2.53. The molecule has 0 aliphatic carbocycles. The predicted octanol–water partition coefficient (Wildman–Crippen LogP) is 0.417. The minimum atomic E-state index is -0.519. The van der Waals surface area contributed by atoms with Gasteiger partial charge in [-0.3, -0.25) is 10.1 Å². The van der Waals surface area contributed by atoms with E-state index in [4.69, 9.17) is 15.2 Å². The summed E-state index contributed by atoms with van der Waals surface area (Å²) >= 11 is 0. The maximum absolute atomic E-state index is 11.4. The molecular formula is C14H22N6O4. The van der Waals surface area contributed by atoms with E-state index in [2.05, 4.69) is 9.97 Å². The van der Waals surface area contributed by atoms with Gasteiger partial charge >= 0.3 is 5.69 Å². The topological polar surface area (TPSA) is 120 Å². The fourth-order valence-electron chi connectivity index (χ4n) is 3.10. The summed E-state index contributed by atoms with van der Waals surface area (Å²) in [4.78, 5) is 23.4. The lowest BCUT2D eigenvalue weighted by Gasteiger charge is -2.36. The van der Waals surface area contributed by atoms with Gasteiger partial charge in [0.15, 0.2) is 0 Å². The van der Waals surface area contributed by atoms with Crippen molar-refractivity contribution >= 4 is 23.3 Å². The van der Waals surface area contributed by atoms with Gasteiger partial charge < -0.3 is 25.0 Å². The number of aromatic nitrogens is 2. The van der Waals surface area contributed by atoms with Crippen molar-refractivity contribution in [1.29, 1.82) is 0 Å². The summed E-state index contributed by atoms with van der Waals surface area (Å²) in [7, 11) is 0. The molecule has 0 spiro atoms. The van der Waals surface area contributed by atoms with Crippen LogP contribution in [-0.2, 0) is 9.47 Å². The van der Waals surface area contributed by atoms with E-state index in [0.717, 1.165) is 0 Å². The molecule has 2 aliphatic heterocycles. The SMILES string of the molecule is C[C@@H]1CN(c2nc(N)c([N+](=O)[O-])c(N3CCOCC3)n2)C[C@@H](C)O1. The summed E-state index contributed by atoms with van der Waals surface area (Å²) in [5, 5.41) is 11.4. The summed E-state index contributed by atoms with van der Waals surface area (Å²) in [6, 6.07) is 0. The molecule has 3 heterocycles. The van der Waals surface area contributed by atoms with Gasteiger partial charge in [-0.15, -0.1) is 0 Å². The number of hydrogen-bond donors (Lipinski definition) is 1. The van der Waals surface area contributed by atoms with Gasteiger partial charge in [-0.25, -0.2) is 0 Å². The Balaban J connectivity index is 1.99. The molecule has 1 aromatic heterocycles. The Kier molecular flexibility index (Phi) is 4.67. The van der Waals surface area contributed by atoms with Gasteiger partial charge in [0.1, 0.15) is 0 Å². The van der Waals surface area contributed by atoms with E-state index < -0.39 is 4.92 Å². The Morgan fingerprint density at radius 1 is 1.17 bits per heavy atom. The van der Waals surface area contributed by atoms with Crippen molar-refractivity contribution in [3.63, 3.8) is 0 Å². The third-order valence-electron chi connectivity index (χ3n) is 4.08. The van der Waals surface area contributed by atoms with Crippen LogP contribution >= 0.6 is 0 Å². The maximum Gasteiger partial charge on any atom is 0.353 e. The number of hydrogen-bond acceptors (Lipinski definition) is 9. The molecule has 0 unspecified atom stereocenters. The summed E-state index contributed by atoms with van der Waals surface area (Å²) in [5.41, 5.74) is 5.66. The highest BCUT2D eigenvalue weighted by Crippen LogP contribution is 2.33. The van der Waals surface area contributed by atoms with E-state index in [0.29, 0.717) is 45.3 Å². The lowest BCUT2D eigenvalue weighted by atomic mass is 10.2. The normalized spacial score (nSPS) is 24.9. The smallest absolute Gasteiger partial charge is 0.353 e. The molecule has 1 aromatic rings. The molecule has 2 N–H and O–H groups in total. The number of nitrogen functional groups attached to an aromatic ring is 1. The van der Waals surface area contributed by atoms with Crippen LogP contribution in [0.2, 0.25) is 0 Å². The van der Waals surface area contributed by atoms with Gasteiger partial charge in [0.05, 0.1) is 30.3 Å². The molecule has 2 fully saturated rings. The fraction of sp³-hybridized carbons (Fsp3) is 0.714. The summed E-state index contributed by atoms with van der Waals surface area (Å²) in [6.07, 6.45) is 0.0567. The van der Waals surface area contributed by atoms with Crippen molar-refractivity contribution in [2.45, 2.75) is 26.1 Å². The molecule has 10 heteroatoms. The molecular weight excluding hydrogens is 316 g/mol. The second kappa shape index (κ2) is 6.73. The quantitative estimate of drug-likeness (QED) is 0.617. The number of rotatable bonds is 3. The van der Waals surface area contributed by atoms with Gasteiger partial charge in [0, 0.05) is 26.2 Å². The van der Waals surface area contributed by atoms with Crippen LogP contribution in [0.4, 0.5) is 23.3 Å². The summed E-state index contributed by atoms with van der Waals surface area (Å²) in [6.45, 7) is 7.25. The van der Waals surface area contributed by atoms with Crippen LogP contribution in [0.5, 0.6) is 0 Å². The molecule has 0 radical (unpaired) electrons. The van der Waals surface area contributed by atoms with Crippen LogP contribution in [0.15, 0.2) is 0 Å². The molecule has 0 saturated carbocycles. The molecule has 0 bridgehead atoms. The van der Waals surface area contributed by atoms with E-state index in [-0.39, 0.29) is 29.5 Å². The van der Waals surface area contributed by atoms with E-state index in [1.807, 2.05) is 23.6 Å². The van der Waals surface area contributed by atoms with Gasteiger partial charge in [0.2, 0.25) is 17.6 Å². The average molecular weight is 338 g/mol. The molecule has 24 heavy (non-hydrogen) atoms. The van der Waals surface area contributed by atoms with Crippen LogP contribution < -0.4 is 15.5 Å². The van der Waals surface area contributed by atoms with Gasteiger partial charge in [-0.05, 0) is 13.8 Å². The second-order valence-corrected chi connectivity index (χ2v) is 6.10. The number of nitro groups is 1. The van der Waals surface area contributed by atoms with Crippen molar-refractivity contribution in [2.75, 3.05) is 54.9 Å². The van der Waals surface area contributed by atoms with Crippen molar-refractivity contribution in [2.24, 2.45) is 0 Å². The minimum Gasteiger partial charge on any atom is -0.378 e. The van der Waals surface area contributed by atoms with Crippen molar-refractivity contribution in [3.05, 3.63) is 10.1 Å². The van der Waals surface area contributed by atoms with Crippen LogP contribution in [0.25, 0.3) is 0 Å². The fourth-order valence-corrected chi connectivity index (χ4v) is 3.10. The Morgan fingerprint density at radius 3 is 2.38 bits per heavy atom. The zero-order valence-corrected chi connectivity index (χ0v) is 13.8. The highest BCUT2D eigenvalue weighted by molar-refractivity contribution is 5.71. The predicted molar refractivity (Wildman–Crippen MR) is 88.4 cm³/mol. The number of ether oxygens (including phenoxy) is 2. The second-order valence-electron chi connectivity index (χ2n) is 6.10. The number of anilines is 3. The first-order valence-electron chi connectivity index (χ1n) is 8.00. The van der Waals surface area contributed by atoms with E-state index >= 15 is 0 Å². The molecule has 2 aliphatic rings. The molecule has 0 aromatic carbocycles. The lowest BCUT2D eigenvalue weighted by Crippen LogP contribution is -2.46. The van der Waals surface area contributed by atoms with Crippen LogP contribution in [0, 0.1) is 10.1 Å². The van der Waals surface area contributed by atoms with Crippen LogP contribution in [0.1, 0.15) is 13.8 Å². The molecule has 2 saturated heterocycles. The zero-order valence-electron chi connectivity index (χ0n) is 13.8. The van der Waals surface area contributed by atoms with Crippen molar-refractivity contribution < 1.29 is 14.4 Å². The Labute approximate surface area is 139 Å². The van der Waals surface area contributed by atoms with E-state index in [1.165, 1.54) is 0 Å². The Hall–Kier alpha value is -2.20. The molecule has 0 amide bonds. The van der Waals surface area contributed by atoms with Crippen molar-refractivity contribution in [3.8, 4) is 0 Å². The first-order valence-corrected chi connectivity index (χ1v) is 8.00. The third kappa shape index (κ3) is 3.34. The highest BCUT2D eigenvalue weighted by atomic mass is 16.6. The molecule has 2 atom stereocenters. The number of nitrogens with zero attached hydrogens (tertiary/aromatic N) is 5. The molecule has 132 valence electrons. The van der Waals surface area contributed by atoms with Gasteiger partial charge in [-0.1, -0.05) is 0 Å². The highest BCUT2D eigenvalue weighted by Gasteiger charge is 2.31. The first-order chi connectivity index (χ1) is 11.5. The summed E-state index contributed by atoms with van der Waals surface area (Å²) < 4.78 is 11.0. The monoisotopic (exact) mass is 338 g/mol.